The van der Waals surface area contributed by atoms with Gasteiger partial charge in [-0.25, -0.2) is 0 Å². The van der Waals surface area contributed by atoms with Gasteiger partial charge in [0.15, 0.2) is 11.6 Å². The number of hydrogen-bond donors (Lipinski definition) is 1. The molecule has 0 unspecified atom stereocenters. The second-order valence-corrected chi connectivity index (χ2v) is 6.40. The summed E-state index contributed by atoms with van der Waals surface area (Å²) in [7, 11) is 0. The summed E-state index contributed by atoms with van der Waals surface area (Å²) in [5.74, 6) is -0.259. The highest BCUT2D eigenvalue weighted by atomic mass is 32.1. The van der Waals surface area contributed by atoms with Crippen LogP contribution in [0.1, 0.15) is 37.4 Å². The summed E-state index contributed by atoms with van der Waals surface area (Å²) in [5, 5.41) is 0. The lowest BCUT2D eigenvalue weighted by molar-refractivity contribution is 0.0977. The van der Waals surface area contributed by atoms with Crippen LogP contribution in [0.15, 0.2) is 65.6 Å². The van der Waals surface area contributed by atoms with Crippen molar-refractivity contribution >= 4 is 24.2 Å². The lowest BCUT2D eigenvalue weighted by atomic mass is 9.82. The van der Waals surface area contributed by atoms with E-state index in [9.17, 15) is 9.59 Å². The minimum Gasteiger partial charge on any atom is -0.289 e. The van der Waals surface area contributed by atoms with E-state index < -0.39 is 0 Å². The van der Waals surface area contributed by atoms with Crippen molar-refractivity contribution in [1.82, 2.24) is 0 Å². The van der Waals surface area contributed by atoms with Crippen LogP contribution >= 0.6 is 12.6 Å². The topological polar surface area (TPSA) is 34.1 Å². The number of thiol groups is 1. The number of aryl methyl sites for hydroxylation is 1. The highest BCUT2D eigenvalue weighted by Crippen LogP contribution is 2.37. The quantitative estimate of drug-likeness (QED) is 0.512. The van der Waals surface area contributed by atoms with E-state index in [1.165, 1.54) is 0 Å². The maximum absolute atomic E-state index is 12.9. The van der Waals surface area contributed by atoms with Gasteiger partial charge in [0.05, 0.1) is 0 Å². The van der Waals surface area contributed by atoms with Crippen molar-refractivity contribution in [1.29, 1.82) is 0 Å². The Balaban J connectivity index is 1.95. The first-order valence-electron chi connectivity index (χ1n) is 7.69. The van der Waals surface area contributed by atoms with Crippen molar-refractivity contribution in [2.75, 3.05) is 0 Å². The molecule has 1 aliphatic carbocycles. The summed E-state index contributed by atoms with van der Waals surface area (Å²) in [6.45, 7) is 2.03. The molecule has 24 heavy (non-hydrogen) atoms. The van der Waals surface area contributed by atoms with E-state index in [0.717, 1.165) is 16.7 Å². The molecule has 2 nitrogen and oxygen atoms in total. The fourth-order valence-corrected chi connectivity index (χ4v) is 3.56. The van der Waals surface area contributed by atoms with Crippen LogP contribution in [0.4, 0.5) is 0 Å². The van der Waals surface area contributed by atoms with Crippen LogP contribution in [-0.4, -0.2) is 11.6 Å². The molecule has 4 rings (SSSR count). The maximum atomic E-state index is 12.9. The Morgan fingerprint density at radius 1 is 0.667 bits per heavy atom. The molecule has 0 aromatic heterocycles. The summed E-state index contributed by atoms with van der Waals surface area (Å²) in [5.41, 5.74) is 4.75. The van der Waals surface area contributed by atoms with Crippen molar-refractivity contribution in [3.8, 4) is 11.1 Å². The Morgan fingerprint density at radius 3 is 1.92 bits per heavy atom. The summed E-state index contributed by atoms with van der Waals surface area (Å²) >= 11 is 4.60. The molecule has 0 aliphatic heterocycles. The molecular weight excluding hydrogens is 316 g/mol. The Hall–Kier alpha value is -2.65. The van der Waals surface area contributed by atoms with Crippen molar-refractivity contribution in [2.45, 2.75) is 11.8 Å². The van der Waals surface area contributed by atoms with Gasteiger partial charge in [-0.2, -0.15) is 0 Å². The van der Waals surface area contributed by atoms with E-state index in [2.05, 4.69) is 12.6 Å². The van der Waals surface area contributed by atoms with E-state index in [4.69, 9.17) is 0 Å². The van der Waals surface area contributed by atoms with Crippen LogP contribution in [0.3, 0.4) is 0 Å². The maximum Gasteiger partial charge on any atom is 0.195 e. The molecule has 0 bridgehead atoms. The molecule has 0 saturated heterocycles. The molecule has 3 heteroatoms. The van der Waals surface area contributed by atoms with Crippen LogP contribution in [0.25, 0.3) is 11.1 Å². The molecule has 3 aromatic carbocycles. The Labute approximate surface area is 145 Å². The molecule has 0 heterocycles. The molecule has 0 atom stereocenters. The normalized spacial score (nSPS) is 12.8. The average Bonchev–Trinajstić information content (AvgIpc) is 2.60. The summed E-state index contributed by atoms with van der Waals surface area (Å²) in [4.78, 5) is 26.2. The minimum absolute atomic E-state index is 0.119. The third kappa shape index (κ3) is 2.13. The summed E-state index contributed by atoms with van der Waals surface area (Å²) in [6, 6.07) is 18.6. The Morgan fingerprint density at radius 2 is 1.25 bits per heavy atom. The second-order valence-electron chi connectivity index (χ2n) is 5.95. The van der Waals surface area contributed by atoms with E-state index in [1.54, 1.807) is 30.3 Å². The zero-order valence-electron chi connectivity index (χ0n) is 13.0. The molecule has 116 valence electrons. The highest BCUT2D eigenvalue weighted by molar-refractivity contribution is 7.80. The van der Waals surface area contributed by atoms with Gasteiger partial charge in [0.1, 0.15) is 0 Å². The first kappa shape index (κ1) is 14.9. The number of carbonyl (C=O) groups excluding carboxylic acids is 2. The van der Waals surface area contributed by atoms with Crippen LogP contribution in [0.2, 0.25) is 0 Å². The molecule has 0 radical (unpaired) electrons. The largest absolute Gasteiger partial charge is 0.289 e. The van der Waals surface area contributed by atoms with Gasteiger partial charge in [-0.05, 0) is 24.1 Å². The number of carbonyl (C=O) groups is 2. The zero-order chi connectivity index (χ0) is 16.8. The van der Waals surface area contributed by atoms with Crippen LogP contribution in [-0.2, 0) is 0 Å². The number of benzene rings is 3. The Kier molecular flexibility index (Phi) is 3.39. The van der Waals surface area contributed by atoms with Gasteiger partial charge in [-0.15, -0.1) is 12.6 Å². The first-order chi connectivity index (χ1) is 11.6. The number of rotatable bonds is 1. The van der Waals surface area contributed by atoms with Gasteiger partial charge in [0.2, 0.25) is 0 Å². The Bertz CT molecular complexity index is 1000. The fraction of sp³-hybridized carbons (Fsp3) is 0.0476. The average molecular weight is 330 g/mol. The molecule has 0 fully saturated rings. The van der Waals surface area contributed by atoms with E-state index in [0.29, 0.717) is 27.1 Å². The van der Waals surface area contributed by atoms with Gasteiger partial charge in [0, 0.05) is 27.1 Å². The van der Waals surface area contributed by atoms with Crippen LogP contribution in [0.5, 0.6) is 0 Å². The van der Waals surface area contributed by atoms with Gasteiger partial charge < -0.3 is 0 Å². The molecule has 0 N–H and O–H groups in total. The number of fused-ring (bicyclic) bond motifs is 2. The third-order valence-corrected chi connectivity index (χ3v) is 4.89. The standard InChI is InChI=1S/C21H14O2S/c1-12-6-8-13(9-7-12)14-10-11-17-18(21(14)24)20(23)16-5-3-2-4-15(16)19(17)22/h2-11,24H,1H3. The summed E-state index contributed by atoms with van der Waals surface area (Å²) < 4.78 is 0. The van der Waals surface area contributed by atoms with Gasteiger partial charge in [-0.1, -0.05) is 60.2 Å². The van der Waals surface area contributed by atoms with E-state index >= 15 is 0 Å². The molecule has 0 spiro atoms. The van der Waals surface area contributed by atoms with Gasteiger partial charge >= 0.3 is 0 Å². The molecule has 0 amide bonds. The molecule has 3 aromatic rings. The van der Waals surface area contributed by atoms with Crippen molar-refractivity contribution in [3.05, 3.63) is 88.5 Å². The zero-order valence-corrected chi connectivity index (χ0v) is 13.9. The minimum atomic E-state index is -0.140. The predicted octanol–water partition coefficient (Wildman–Crippen LogP) is 4.73. The van der Waals surface area contributed by atoms with Gasteiger partial charge in [-0.3, -0.25) is 9.59 Å². The van der Waals surface area contributed by atoms with Crippen molar-refractivity contribution in [3.63, 3.8) is 0 Å². The van der Waals surface area contributed by atoms with Crippen molar-refractivity contribution in [2.24, 2.45) is 0 Å². The first-order valence-corrected chi connectivity index (χ1v) is 8.14. The smallest absolute Gasteiger partial charge is 0.195 e. The summed E-state index contributed by atoms with van der Waals surface area (Å²) in [6.07, 6.45) is 0. The second kappa shape index (κ2) is 5.46. The molecule has 0 saturated carbocycles. The monoisotopic (exact) mass is 330 g/mol. The predicted molar refractivity (Wildman–Crippen MR) is 97.2 cm³/mol. The lowest BCUT2D eigenvalue weighted by Crippen LogP contribution is -2.21. The number of ketones is 2. The van der Waals surface area contributed by atoms with Crippen LogP contribution in [0, 0.1) is 6.92 Å². The van der Waals surface area contributed by atoms with E-state index in [1.807, 2.05) is 37.3 Å². The SMILES string of the molecule is Cc1ccc(-c2ccc3c(c2S)C(=O)c2ccccc2C3=O)cc1. The number of hydrogen-bond acceptors (Lipinski definition) is 3. The molecule has 1 aliphatic rings. The lowest BCUT2D eigenvalue weighted by Gasteiger charge is -2.20. The van der Waals surface area contributed by atoms with E-state index in [-0.39, 0.29) is 11.6 Å². The highest BCUT2D eigenvalue weighted by Gasteiger charge is 2.31. The van der Waals surface area contributed by atoms with Crippen molar-refractivity contribution < 1.29 is 9.59 Å². The molecular formula is C21H14O2S. The van der Waals surface area contributed by atoms with Crippen LogP contribution < -0.4 is 0 Å². The third-order valence-electron chi connectivity index (χ3n) is 4.43. The van der Waals surface area contributed by atoms with Gasteiger partial charge in [0.25, 0.3) is 0 Å². The fourth-order valence-electron chi connectivity index (χ4n) is 3.14.